The second-order valence-electron chi connectivity index (χ2n) is 6.38. The van der Waals surface area contributed by atoms with E-state index in [1.54, 1.807) is 0 Å². The summed E-state index contributed by atoms with van der Waals surface area (Å²) in [7, 11) is 0. The van der Waals surface area contributed by atoms with Gasteiger partial charge in [0.1, 0.15) is 0 Å². The zero-order valence-corrected chi connectivity index (χ0v) is 11.0. The van der Waals surface area contributed by atoms with E-state index in [4.69, 9.17) is 0 Å². The molecule has 0 radical (unpaired) electrons. The van der Waals surface area contributed by atoms with Crippen molar-refractivity contribution in [2.75, 3.05) is 19.6 Å². The SMILES string of the molecule is CC1CN(CCC(O)C(C)(C)C)CC1C. The van der Waals surface area contributed by atoms with E-state index in [1.807, 2.05) is 0 Å². The zero-order valence-electron chi connectivity index (χ0n) is 11.0. The predicted octanol–water partition coefficient (Wildman–Crippen LogP) is 2.37. The van der Waals surface area contributed by atoms with Crippen molar-refractivity contribution in [2.24, 2.45) is 17.3 Å². The molecule has 0 aromatic heterocycles. The number of hydrogen-bond donors (Lipinski definition) is 1. The van der Waals surface area contributed by atoms with E-state index in [0.717, 1.165) is 24.8 Å². The second-order valence-corrected chi connectivity index (χ2v) is 6.38. The van der Waals surface area contributed by atoms with Crippen LogP contribution in [0.25, 0.3) is 0 Å². The van der Waals surface area contributed by atoms with Crippen LogP contribution in [0.2, 0.25) is 0 Å². The standard InChI is InChI=1S/C13H27NO/c1-10-8-14(9-11(10)2)7-6-12(15)13(3,4)5/h10-12,15H,6-9H2,1-5H3. The fraction of sp³-hybridized carbons (Fsp3) is 1.00. The van der Waals surface area contributed by atoms with E-state index in [1.165, 1.54) is 13.1 Å². The van der Waals surface area contributed by atoms with Crippen molar-refractivity contribution in [3.63, 3.8) is 0 Å². The minimum Gasteiger partial charge on any atom is -0.393 e. The van der Waals surface area contributed by atoms with Gasteiger partial charge in [-0.25, -0.2) is 0 Å². The molecule has 90 valence electrons. The van der Waals surface area contributed by atoms with E-state index < -0.39 is 0 Å². The number of aliphatic hydroxyl groups is 1. The number of likely N-dealkylation sites (tertiary alicyclic amines) is 1. The molecule has 1 fully saturated rings. The van der Waals surface area contributed by atoms with Gasteiger partial charge in [-0.3, -0.25) is 0 Å². The van der Waals surface area contributed by atoms with Crippen molar-refractivity contribution >= 4 is 0 Å². The van der Waals surface area contributed by atoms with Crippen molar-refractivity contribution in [3.05, 3.63) is 0 Å². The normalized spacial score (nSPS) is 30.8. The maximum absolute atomic E-state index is 9.95. The Bertz CT molecular complexity index is 187. The molecule has 3 unspecified atom stereocenters. The lowest BCUT2D eigenvalue weighted by Crippen LogP contribution is -2.31. The Hall–Kier alpha value is -0.0800. The van der Waals surface area contributed by atoms with Crippen LogP contribution in [0.1, 0.15) is 41.0 Å². The molecule has 0 aliphatic carbocycles. The smallest absolute Gasteiger partial charge is 0.0600 e. The van der Waals surface area contributed by atoms with E-state index in [-0.39, 0.29) is 11.5 Å². The Labute approximate surface area is 94.7 Å². The van der Waals surface area contributed by atoms with Crippen LogP contribution in [0.3, 0.4) is 0 Å². The van der Waals surface area contributed by atoms with Gasteiger partial charge in [0.2, 0.25) is 0 Å². The monoisotopic (exact) mass is 213 g/mol. The molecule has 1 heterocycles. The predicted molar refractivity (Wildman–Crippen MR) is 64.8 cm³/mol. The van der Waals surface area contributed by atoms with Crippen LogP contribution in [-0.4, -0.2) is 35.7 Å². The van der Waals surface area contributed by atoms with Crippen LogP contribution in [0, 0.1) is 17.3 Å². The first-order valence-corrected chi connectivity index (χ1v) is 6.21. The summed E-state index contributed by atoms with van der Waals surface area (Å²) in [4.78, 5) is 2.49. The van der Waals surface area contributed by atoms with Crippen molar-refractivity contribution in [3.8, 4) is 0 Å². The lowest BCUT2D eigenvalue weighted by molar-refractivity contribution is 0.0473. The summed E-state index contributed by atoms with van der Waals surface area (Å²) in [6.45, 7) is 14.4. The first kappa shape index (κ1) is 13.0. The number of hydrogen-bond acceptors (Lipinski definition) is 2. The zero-order chi connectivity index (χ0) is 11.6. The van der Waals surface area contributed by atoms with E-state index >= 15 is 0 Å². The molecule has 2 nitrogen and oxygen atoms in total. The van der Waals surface area contributed by atoms with Gasteiger partial charge in [0.05, 0.1) is 6.10 Å². The summed E-state index contributed by atoms with van der Waals surface area (Å²) >= 11 is 0. The first-order chi connectivity index (χ1) is 6.80. The molecule has 1 rings (SSSR count). The molecule has 1 N–H and O–H groups in total. The van der Waals surface area contributed by atoms with Gasteiger partial charge in [0.25, 0.3) is 0 Å². The van der Waals surface area contributed by atoms with Crippen LogP contribution >= 0.6 is 0 Å². The minimum atomic E-state index is -0.177. The van der Waals surface area contributed by atoms with Crippen LogP contribution in [0.4, 0.5) is 0 Å². The van der Waals surface area contributed by atoms with Crippen molar-refractivity contribution < 1.29 is 5.11 Å². The third-order valence-electron chi connectivity index (χ3n) is 3.78. The molecule has 15 heavy (non-hydrogen) atoms. The van der Waals surface area contributed by atoms with E-state index in [9.17, 15) is 5.11 Å². The topological polar surface area (TPSA) is 23.5 Å². The van der Waals surface area contributed by atoms with Crippen molar-refractivity contribution in [2.45, 2.75) is 47.1 Å². The average molecular weight is 213 g/mol. The Kier molecular flexibility index (Phi) is 4.19. The first-order valence-electron chi connectivity index (χ1n) is 6.21. The maximum Gasteiger partial charge on any atom is 0.0600 e. The van der Waals surface area contributed by atoms with Gasteiger partial charge in [-0.15, -0.1) is 0 Å². The Morgan fingerprint density at radius 2 is 1.67 bits per heavy atom. The Balaban J connectivity index is 2.27. The molecule has 1 saturated heterocycles. The number of rotatable bonds is 3. The van der Waals surface area contributed by atoms with E-state index in [2.05, 4.69) is 39.5 Å². The van der Waals surface area contributed by atoms with Crippen LogP contribution in [-0.2, 0) is 0 Å². The van der Waals surface area contributed by atoms with Gasteiger partial charge in [0.15, 0.2) is 0 Å². The van der Waals surface area contributed by atoms with Crippen LogP contribution in [0.5, 0.6) is 0 Å². The largest absolute Gasteiger partial charge is 0.393 e. The summed E-state index contributed by atoms with van der Waals surface area (Å²) in [5.74, 6) is 1.63. The minimum absolute atomic E-state index is 0.0248. The van der Waals surface area contributed by atoms with Crippen molar-refractivity contribution in [1.82, 2.24) is 4.90 Å². The maximum atomic E-state index is 9.95. The van der Waals surface area contributed by atoms with Crippen LogP contribution < -0.4 is 0 Å². The quantitative estimate of drug-likeness (QED) is 0.778. The molecule has 0 amide bonds. The fourth-order valence-corrected chi connectivity index (χ4v) is 2.17. The van der Waals surface area contributed by atoms with Gasteiger partial charge in [-0.05, 0) is 23.7 Å². The van der Waals surface area contributed by atoms with Gasteiger partial charge in [-0.1, -0.05) is 34.6 Å². The highest BCUT2D eigenvalue weighted by Gasteiger charge is 2.28. The van der Waals surface area contributed by atoms with Gasteiger partial charge < -0.3 is 10.0 Å². The highest BCUT2D eigenvalue weighted by Crippen LogP contribution is 2.25. The molecule has 0 spiro atoms. The molecular formula is C13H27NO. The third-order valence-corrected chi connectivity index (χ3v) is 3.78. The summed E-state index contributed by atoms with van der Waals surface area (Å²) in [5, 5.41) is 9.95. The molecule has 0 aromatic rings. The molecule has 0 aromatic carbocycles. The fourth-order valence-electron chi connectivity index (χ4n) is 2.17. The second kappa shape index (κ2) is 4.84. The molecule has 1 aliphatic rings. The van der Waals surface area contributed by atoms with Crippen molar-refractivity contribution in [1.29, 1.82) is 0 Å². The summed E-state index contributed by atoms with van der Waals surface area (Å²) < 4.78 is 0. The third kappa shape index (κ3) is 3.76. The lowest BCUT2D eigenvalue weighted by atomic mass is 9.87. The Morgan fingerprint density at radius 1 is 1.20 bits per heavy atom. The molecule has 2 heteroatoms. The number of aliphatic hydroxyl groups excluding tert-OH is 1. The summed E-state index contributed by atoms with van der Waals surface area (Å²) in [5.41, 5.74) is 0.0248. The average Bonchev–Trinajstić information content (AvgIpc) is 2.41. The highest BCUT2D eigenvalue weighted by atomic mass is 16.3. The molecule has 1 aliphatic heterocycles. The van der Waals surface area contributed by atoms with Gasteiger partial charge in [0, 0.05) is 19.6 Å². The lowest BCUT2D eigenvalue weighted by Gasteiger charge is -2.27. The van der Waals surface area contributed by atoms with Crippen LogP contribution in [0.15, 0.2) is 0 Å². The summed E-state index contributed by atoms with van der Waals surface area (Å²) in [6, 6.07) is 0. The molecule has 3 atom stereocenters. The van der Waals surface area contributed by atoms with E-state index in [0.29, 0.717) is 0 Å². The van der Waals surface area contributed by atoms with Gasteiger partial charge in [-0.2, -0.15) is 0 Å². The highest BCUT2D eigenvalue weighted by molar-refractivity contribution is 4.80. The summed E-state index contributed by atoms with van der Waals surface area (Å²) in [6.07, 6.45) is 0.729. The molecule has 0 bridgehead atoms. The molecular weight excluding hydrogens is 186 g/mol. The Morgan fingerprint density at radius 3 is 2.07 bits per heavy atom. The molecule has 0 saturated carbocycles. The number of nitrogens with zero attached hydrogens (tertiary/aromatic N) is 1. The van der Waals surface area contributed by atoms with Gasteiger partial charge >= 0.3 is 0 Å².